The molecule has 1 amide bonds. The van der Waals surface area contributed by atoms with Crippen LogP contribution in [0.3, 0.4) is 0 Å². The van der Waals surface area contributed by atoms with E-state index in [4.69, 9.17) is 8.94 Å². The van der Waals surface area contributed by atoms with Crippen molar-refractivity contribution in [1.82, 2.24) is 15.0 Å². The Bertz CT molecular complexity index is 1190. The molecule has 6 nitrogen and oxygen atoms in total. The molecule has 29 heavy (non-hydrogen) atoms. The van der Waals surface area contributed by atoms with Gasteiger partial charge in [-0.1, -0.05) is 36.3 Å². The number of carbonyl (C=O) groups is 1. The molecule has 0 bridgehead atoms. The maximum Gasteiger partial charge on any atom is 0.262 e. The van der Waals surface area contributed by atoms with Gasteiger partial charge in [0.2, 0.25) is 11.7 Å². The van der Waals surface area contributed by atoms with Crippen molar-refractivity contribution in [2.75, 3.05) is 6.54 Å². The van der Waals surface area contributed by atoms with Gasteiger partial charge in [-0.05, 0) is 42.2 Å². The second-order valence-electron chi connectivity index (χ2n) is 7.38. The SMILES string of the molecule is CCc1ccc2occ(-c3nc(-c4cccc(CN5CCCC5=O)c4)no3)c2c1. The summed E-state index contributed by atoms with van der Waals surface area (Å²) in [4.78, 5) is 18.4. The van der Waals surface area contributed by atoms with Gasteiger partial charge >= 0.3 is 0 Å². The first-order valence-corrected chi connectivity index (χ1v) is 9.92. The van der Waals surface area contributed by atoms with Gasteiger partial charge in [-0.2, -0.15) is 4.98 Å². The minimum Gasteiger partial charge on any atom is -0.463 e. The third-order valence-electron chi connectivity index (χ3n) is 5.43. The van der Waals surface area contributed by atoms with E-state index >= 15 is 0 Å². The van der Waals surface area contributed by atoms with Crippen LogP contribution in [0.5, 0.6) is 0 Å². The largest absolute Gasteiger partial charge is 0.463 e. The van der Waals surface area contributed by atoms with Crippen molar-refractivity contribution in [3.05, 3.63) is 59.9 Å². The number of hydrogen-bond acceptors (Lipinski definition) is 5. The minimum absolute atomic E-state index is 0.218. The number of fused-ring (bicyclic) bond motifs is 1. The first-order chi connectivity index (χ1) is 14.2. The average molecular weight is 387 g/mol. The molecule has 3 heterocycles. The van der Waals surface area contributed by atoms with Crippen molar-refractivity contribution in [1.29, 1.82) is 0 Å². The van der Waals surface area contributed by atoms with E-state index in [1.165, 1.54) is 5.56 Å². The normalized spacial score (nSPS) is 14.2. The van der Waals surface area contributed by atoms with E-state index in [0.29, 0.717) is 24.7 Å². The van der Waals surface area contributed by atoms with Crippen LogP contribution in [0.1, 0.15) is 30.9 Å². The van der Waals surface area contributed by atoms with Gasteiger partial charge in [0.15, 0.2) is 0 Å². The predicted molar refractivity (Wildman–Crippen MR) is 109 cm³/mol. The lowest BCUT2D eigenvalue weighted by Gasteiger charge is -2.15. The van der Waals surface area contributed by atoms with Crippen LogP contribution in [0.15, 0.2) is 57.7 Å². The molecule has 6 heteroatoms. The summed E-state index contributed by atoms with van der Waals surface area (Å²) in [5.74, 6) is 1.18. The van der Waals surface area contributed by atoms with Crippen LogP contribution in [0.2, 0.25) is 0 Å². The van der Waals surface area contributed by atoms with Gasteiger partial charge in [0.05, 0.1) is 5.56 Å². The molecule has 0 radical (unpaired) electrons. The Kier molecular flexibility index (Phi) is 4.39. The van der Waals surface area contributed by atoms with Gasteiger partial charge in [0.25, 0.3) is 5.89 Å². The molecule has 2 aromatic carbocycles. The third kappa shape index (κ3) is 3.31. The molecule has 5 rings (SSSR count). The van der Waals surface area contributed by atoms with E-state index in [0.717, 1.165) is 47.0 Å². The van der Waals surface area contributed by atoms with Crippen molar-refractivity contribution >= 4 is 16.9 Å². The van der Waals surface area contributed by atoms with E-state index in [1.54, 1.807) is 6.26 Å². The highest BCUT2D eigenvalue weighted by Crippen LogP contribution is 2.32. The number of hydrogen-bond donors (Lipinski definition) is 0. The molecule has 4 aromatic rings. The standard InChI is InChI=1S/C23H21N3O3/c1-2-15-8-9-20-18(12-15)19(14-28-20)23-24-22(25-29-23)17-6-3-5-16(11-17)13-26-10-4-7-21(26)27/h3,5-6,8-9,11-12,14H,2,4,7,10,13H2,1H3. The van der Waals surface area contributed by atoms with Crippen molar-refractivity contribution in [3.63, 3.8) is 0 Å². The van der Waals surface area contributed by atoms with Gasteiger partial charge < -0.3 is 13.8 Å². The molecule has 1 aliphatic heterocycles. The highest BCUT2D eigenvalue weighted by atomic mass is 16.5. The summed E-state index contributed by atoms with van der Waals surface area (Å²) in [7, 11) is 0. The summed E-state index contributed by atoms with van der Waals surface area (Å²) >= 11 is 0. The Morgan fingerprint density at radius 2 is 2.07 bits per heavy atom. The summed E-state index contributed by atoms with van der Waals surface area (Å²) in [6.07, 6.45) is 4.19. The van der Waals surface area contributed by atoms with Gasteiger partial charge in [0.1, 0.15) is 11.8 Å². The molecule has 2 aromatic heterocycles. The van der Waals surface area contributed by atoms with Crippen LogP contribution in [-0.4, -0.2) is 27.5 Å². The maximum atomic E-state index is 11.9. The highest BCUT2D eigenvalue weighted by molar-refractivity contribution is 5.92. The van der Waals surface area contributed by atoms with Crippen LogP contribution >= 0.6 is 0 Å². The van der Waals surface area contributed by atoms with Crippen molar-refractivity contribution in [2.45, 2.75) is 32.7 Å². The number of rotatable bonds is 5. The first-order valence-electron chi connectivity index (χ1n) is 9.92. The maximum absolute atomic E-state index is 11.9. The molecule has 0 saturated carbocycles. The van der Waals surface area contributed by atoms with Crippen LogP contribution in [0.4, 0.5) is 0 Å². The molecule has 1 fully saturated rings. The number of furan rings is 1. The Morgan fingerprint density at radius 3 is 2.90 bits per heavy atom. The zero-order chi connectivity index (χ0) is 19.8. The smallest absolute Gasteiger partial charge is 0.262 e. The first kappa shape index (κ1) is 17.7. The fourth-order valence-electron chi connectivity index (χ4n) is 3.81. The molecule has 146 valence electrons. The number of nitrogens with zero attached hydrogens (tertiary/aromatic N) is 3. The number of likely N-dealkylation sites (tertiary alicyclic amines) is 1. The van der Waals surface area contributed by atoms with Gasteiger partial charge in [0, 0.05) is 30.5 Å². The molecular formula is C23H21N3O3. The Balaban J connectivity index is 1.45. The molecule has 0 unspecified atom stereocenters. The number of aryl methyl sites for hydroxylation is 1. The predicted octanol–water partition coefficient (Wildman–Crippen LogP) is 4.83. The molecule has 0 atom stereocenters. The van der Waals surface area contributed by atoms with Gasteiger partial charge in [-0.25, -0.2) is 0 Å². The lowest BCUT2D eigenvalue weighted by Crippen LogP contribution is -2.23. The lowest BCUT2D eigenvalue weighted by molar-refractivity contribution is -0.128. The molecule has 1 aliphatic rings. The van der Waals surface area contributed by atoms with E-state index < -0.39 is 0 Å². The summed E-state index contributed by atoms with van der Waals surface area (Å²) in [6, 6.07) is 14.1. The molecule has 0 aliphatic carbocycles. The van der Waals surface area contributed by atoms with Crippen LogP contribution in [0, 0.1) is 0 Å². The van der Waals surface area contributed by atoms with E-state index in [9.17, 15) is 4.79 Å². The van der Waals surface area contributed by atoms with Crippen LogP contribution < -0.4 is 0 Å². The molecular weight excluding hydrogens is 366 g/mol. The van der Waals surface area contributed by atoms with Gasteiger partial charge in [-0.15, -0.1) is 0 Å². The van der Waals surface area contributed by atoms with Crippen molar-refractivity contribution in [2.24, 2.45) is 0 Å². The summed E-state index contributed by atoms with van der Waals surface area (Å²) in [6.45, 7) is 3.56. The Hall–Kier alpha value is -3.41. The van der Waals surface area contributed by atoms with Crippen LogP contribution in [-0.2, 0) is 17.8 Å². The number of benzene rings is 2. The molecule has 0 N–H and O–H groups in total. The van der Waals surface area contributed by atoms with Crippen molar-refractivity contribution in [3.8, 4) is 22.8 Å². The Labute approximate surface area is 168 Å². The topological polar surface area (TPSA) is 72.4 Å². The number of amides is 1. The lowest BCUT2D eigenvalue weighted by atomic mass is 10.1. The number of aromatic nitrogens is 2. The number of carbonyl (C=O) groups excluding carboxylic acids is 1. The van der Waals surface area contributed by atoms with Gasteiger partial charge in [-0.3, -0.25) is 4.79 Å². The van der Waals surface area contributed by atoms with Crippen molar-refractivity contribution < 1.29 is 13.7 Å². The molecule has 0 spiro atoms. The van der Waals surface area contributed by atoms with Crippen LogP contribution in [0.25, 0.3) is 33.8 Å². The quantitative estimate of drug-likeness (QED) is 0.490. The summed E-state index contributed by atoms with van der Waals surface area (Å²) in [5.41, 5.74) is 4.75. The zero-order valence-corrected chi connectivity index (χ0v) is 16.2. The fourth-order valence-corrected chi connectivity index (χ4v) is 3.81. The zero-order valence-electron chi connectivity index (χ0n) is 16.2. The van der Waals surface area contributed by atoms with E-state index in [2.05, 4.69) is 29.2 Å². The minimum atomic E-state index is 0.218. The summed E-state index contributed by atoms with van der Waals surface area (Å²) in [5, 5.41) is 5.14. The highest BCUT2D eigenvalue weighted by Gasteiger charge is 2.21. The summed E-state index contributed by atoms with van der Waals surface area (Å²) < 4.78 is 11.2. The van der Waals surface area contributed by atoms with E-state index in [-0.39, 0.29) is 5.91 Å². The molecule has 1 saturated heterocycles. The van der Waals surface area contributed by atoms with E-state index in [1.807, 2.05) is 35.2 Å². The second-order valence-corrected chi connectivity index (χ2v) is 7.38. The third-order valence-corrected chi connectivity index (χ3v) is 5.43. The fraction of sp³-hybridized carbons (Fsp3) is 0.261. The second kappa shape index (κ2) is 7.20. The monoisotopic (exact) mass is 387 g/mol. The Morgan fingerprint density at radius 1 is 1.14 bits per heavy atom. The average Bonchev–Trinajstić information content (AvgIpc) is 3.48.